The van der Waals surface area contributed by atoms with Crippen LogP contribution >= 0.6 is 11.8 Å². The van der Waals surface area contributed by atoms with Crippen molar-refractivity contribution >= 4 is 34.1 Å². The van der Waals surface area contributed by atoms with E-state index in [9.17, 15) is 4.79 Å². The van der Waals surface area contributed by atoms with E-state index < -0.39 is 0 Å². The first-order valence-corrected chi connectivity index (χ1v) is 14.6. The molecule has 0 unspecified atom stereocenters. The monoisotopic (exact) mass is 550 g/mol. The SMILES string of the molecule is CCCCN1C=C(c2ccc(NC(=O)Nc3ccc(CNCCN(C)C)cc3)cc2)SC(N2CCOCC2)=C1. The van der Waals surface area contributed by atoms with E-state index in [1.807, 2.05) is 36.4 Å². The number of nitrogens with one attached hydrogen (secondary N) is 3. The number of hydrogen-bond acceptors (Lipinski definition) is 7. The lowest BCUT2D eigenvalue weighted by Gasteiger charge is -2.34. The first-order valence-electron chi connectivity index (χ1n) is 13.8. The molecule has 0 spiro atoms. The molecule has 8 nitrogen and oxygen atoms in total. The summed E-state index contributed by atoms with van der Waals surface area (Å²) >= 11 is 1.80. The summed E-state index contributed by atoms with van der Waals surface area (Å²) in [5.74, 6) is 0. The number of thioether (sulfide) groups is 1. The van der Waals surface area contributed by atoms with Crippen molar-refractivity contribution in [3.8, 4) is 0 Å². The maximum Gasteiger partial charge on any atom is 0.323 e. The van der Waals surface area contributed by atoms with Crippen LogP contribution in [-0.2, 0) is 11.3 Å². The Labute approximate surface area is 237 Å². The van der Waals surface area contributed by atoms with Gasteiger partial charge in [0.1, 0.15) is 0 Å². The van der Waals surface area contributed by atoms with Crippen LogP contribution in [0.1, 0.15) is 30.9 Å². The van der Waals surface area contributed by atoms with Gasteiger partial charge in [0, 0.05) is 67.9 Å². The summed E-state index contributed by atoms with van der Waals surface area (Å²) in [5, 5.41) is 10.6. The highest BCUT2D eigenvalue weighted by atomic mass is 32.2. The van der Waals surface area contributed by atoms with Crippen molar-refractivity contribution in [2.24, 2.45) is 0 Å². The fraction of sp³-hybridized carbons (Fsp3) is 0.433. The average Bonchev–Trinajstić information content (AvgIpc) is 2.95. The Kier molecular flexibility index (Phi) is 11.1. The number of morpholine rings is 1. The summed E-state index contributed by atoms with van der Waals surface area (Å²) in [5.41, 5.74) is 3.84. The molecular formula is C30H42N6O2S. The second-order valence-corrected chi connectivity index (χ2v) is 11.1. The Bertz CT molecular complexity index is 1110. The first-order chi connectivity index (χ1) is 19.0. The third-order valence-electron chi connectivity index (χ3n) is 6.57. The predicted molar refractivity (Wildman–Crippen MR) is 163 cm³/mol. The molecule has 0 bridgehead atoms. The van der Waals surface area contributed by atoms with Crippen LogP contribution in [0.5, 0.6) is 0 Å². The molecule has 0 aromatic heterocycles. The third-order valence-corrected chi connectivity index (χ3v) is 7.70. The van der Waals surface area contributed by atoms with Gasteiger partial charge in [-0.3, -0.25) is 0 Å². The van der Waals surface area contributed by atoms with Crippen LogP contribution in [0.3, 0.4) is 0 Å². The molecule has 9 heteroatoms. The predicted octanol–water partition coefficient (Wildman–Crippen LogP) is 5.26. The summed E-state index contributed by atoms with van der Waals surface area (Å²) in [6, 6.07) is 15.8. The van der Waals surface area contributed by atoms with Gasteiger partial charge in [-0.15, -0.1) is 0 Å². The molecule has 2 aromatic carbocycles. The zero-order valence-electron chi connectivity index (χ0n) is 23.4. The minimum atomic E-state index is -0.255. The van der Waals surface area contributed by atoms with Crippen LogP contribution in [0.4, 0.5) is 16.2 Å². The van der Waals surface area contributed by atoms with Crippen LogP contribution in [0.15, 0.2) is 66.0 Å². The lowest BCUT2D eigenvalue weighted by atomic mass is 10.2. The van der Waals surface area contributed by atoms with Crippen molar-refractivity contribution < 1.29 is 9.53 Å². The number of likely N-dealkylation sites (N-methyl/N-ethyl adjacent to an activating group) is 1. The Hall–Kier alpha value is -2.98. The zero-order chi connectivity index (χ0) is 27.5. The summed E-state index contributed by atoms with van der Waals surface area (Å²) in [7, 11) is 4.13. The second-order valence-electron chi connectivity index (χ2n) is 10.1. The summed E-state index contributed by atoms with van der Waals surface area (Å²) in [6.07, 6.45) is 6.81. The van der Waals surface area contributed by atoms with Crippen molar-refractivity contribution in [1.82, 2.24) is 20.0 Å². The van der Waals surface area contributed by atoms with Crippen LogP contribution in [-0.4, -0.2) is 80.8 Å². The fourth-order valence-corrected chi connectivity index (χ4v) is 5.45. The van der Waals surface area contributed by atoms with E-state index in [2.05, 4.69) is 76.2 Å². The molecule has 2 aliphatic heterocycles. The van der Waals surface area contributed by atoms with Gasteiger partial charge < -0.3 is 35.4 Å². The molecule has 3 N–H and O–H groups in total. The number of rotatable bonds is 12. The molecular weight excluding hydrogens is 508 g/mol. The van der Waals surface area contributed by atoms with Gasteiger partial charge in [0.25, 0.3) is 0 Å². The number of unbranched alkanes of at least 4 members (excludes halogenated alkanes) is 1. The number of benzene rings is 2. The maximum atomic E-state index is 12.6. The average molecular weight is 551 g/mol. The molecule has 210 valence electrons. The van der Waals surface area contributed by atoms with Gasteiger partial charge in [0.05, 0.1) is 18.2 Å². The van der Waals surface area contributed by atoms with Gasteiger partial charge in [0.2, 0.25) is 0 Å². The second kappa shape index (κ2) is 15.0. The highest BCUT2D eigenvalue weighted by molar-refractivity contribution is 8.11. The van der Waals surface area contributed by atoms with Crippen LogP contribution in [0.2, 0.25) is 0 Å². The van der Waals surface area contributed by atoms with Crippen molar-refractivity contribution in [3.63, 3.8) is 0 Å². The van der Waals surface area contributed by atoms with Crippen molar-refractivity contribution in [2.45, 2.75) is 26.3 Å². The third kappa shape index (κ3) is 9.32. The summed E-state index contributed by atoms with van der Waals surface area (Å²) in [4.78, 5) is 20.7. The lowest BCUT2D eigenvalue weighted by Crippen LogP contribution is -2.36. The minimum Gasteiger partial charge on any atom is -0.378 e. The number of anilines is 2. The van der Waals surface area contributed by atoms with Gasteiger partial charge in [-0.25, -0.2) is 4.79 Å². The maximum absolute atomic E-state index is 12.6. The van der Waals surface area contributed by atoms with Gasteiger partial charge in [0.15, 0.2) is 0 Å². The van der Waals surface area contributed by atoms with Crippen molar-refractivity contribution in [2.75, 3.05) is 70.7 Å². The van der Waals surface area contributed by atoms with Gasteiger partial charge in [-0.05, 0) is 55.9 Å². The van der Waals surface area contributed by atoms with Crippen LogP contribution < -0.4 is 16.0 Å². The molecule has 2 aromatic rings. The van der Waals surface area contributed by atoms with E-state index in [0.717, 1.165) is 82.3 Å². The van der Waals surface area contributed by atoms with Gasteiger partial charge in [-0.1, -0.05) is 49.4 Å². The molecule has 0 aliphatic carbocycles. The molecule has 2 aliphatic rings. The summed E-state index contributed by atoms with van der Waals surface area (Å²) in [6.45, 7) is 9.35. The molecule has 1 fully saturated rings. The zero-order valence-corrected chi connectivity index (χ0v) is 24.2. The Morgan fingerprint density at radius 1 is 0.974 bits per heavy atom. The Morgan fingerprint density at radius 3 is 2.28 bits per heavy atom. The molecule has 39 heavy (non-hydrogen) atoms. The van der Waals surface area contributed by atoms with Crippen LogP contribution in [0.25, 0.3) is 4.91 Å². The summed E-state index contributed by atoms with van der Waals surface area (Å²) < 4.78 is 5.56. The first kappa shape index (κ1) is 29.0. The number of amides is 2. The lowest BCUT2D eigenvalue weighted by molar-refractivity contribution is 0.0571. The highest BCUT2D eigenvalue weighted by Crippen LogP contribution is 2.39. The van der Waals surface area contributed by atoms with Gasteiger partial charge in [-0.2, -0.15) is 0 Å². The van der Waals surface area contributed by atoms with Crippen molar-refractivity contribution in [3.05, 3.63) is 77.1 Å². The molecule has 2 amide bonds. The largest absolute Gasteiger partial charge is 0.378 e. The number of hydrogen-bond donors (Lipinski definition) is 3. The highest BCUT2D eigenvalue weighted by Gasteiger charge is 2.21. The number of ether oxygens (including phenoxy) is 1. The van der Waals surface area contributed by atoms with Crippen LogP contribution in [0, 0.1) is 0 Å². The molecule has 4 rings (SSSR count). The fourth-order valence-electron chi connectivity index (χ4n) is 4.28. The van der Waals surface area contributed by atoms with E-state index in [1.165, 1.54) is 15.5 Å². The number of carbonyl (C=O) groups excluding carboxylic acids is 1. The van der Waals surface area contributed by atoms with E-state index >= 15 is 0 Å². The number of nitrogens with zero attached hydrogens (tertiary/aromatic N) is 3. The molecule has 0 radical (unpaired) electrons. The quantitative estimate of drug-likeness (QED) is 0.312. The normalized spacial score (nSPS) is 15.7. The molecule has 2 heterocycles. The van der Waals surface area contributed by atoms with E-state index in [0.29, 0.717) is 0 Å². The Morgan fingerprint density at radius 2 is 1.64 bits per heavy atom. The molecule has 1 saturated heterocycles. The number of carbonyl (C=O) groups is 1. The van der Waals surface area contributed by atoms with E-state index in [-0.39, 0.29) is 6.03 Å². The smallest absolute Gasteiger partial charge is 0.323 e. The molecule has 0 atom stereocenters. The number of urea groups is 1. The van der Waals surface area contributed by atoms with Crippen molar-refractivity contribution in [1.29, 1.82) is 0 Å². The standard InChI is InChI=1S/C30H42N6O2S/c1-4-5-15-35-22-28(39-29(23-35)36-17-19-38-20-18-36)25-8-12-27(13-9-25)33-30(37)32-26-10-6-24(7-11-26)21-31-14-16-34(2)3/h6-13,22-23,31H,4-5,14-21H2,1-3H3,(H2,32,33,37). The molecule has 0 saturated carbocycles. The van der Waals surface area contributed by atoms with Gasteiger partial charge >= 0.3 is 6.03 Å². The Balaban J connectivity index is 1.31. The minimum absolute atomic E-state index is 0.255. The van der Waals surface area contributed by atoms with E-state index in [1.54, 1.807) is 11.8 Å². The van der Waals surface area contributed by atoms with E-state index in [4.69, 9.17) is 4.74 Å². The topological polar surface area (TPSA) is 72.1 Å².